The molecule has 1 aromatic rings. The number of thioether (sulfide) groups is 1. The number of sulfonamides is 1. The first-order valence-electron chi connectivity index (χ1n) is 9.87. The highest BCUT2D eigenvalue weighted by Gasteiger charge is 2.29. The molecule has 28 heavy (non-hydrogen) atoms. The van der Waals surface area contributed by atoms with E-state index in [4.69, 9.17) is 4.74 Å². The summed E-state index contributed by atoms with van der Waals surface area (Å²) < 4.78 is 32.6. The molecule has 2 fully saturated rings. The molecule has 156 valence electrons. The van der Waals surface area contributed by atoms with Gasteiger partial charge in [0.25, 0.3) is 0 Å². The quantitative estimate of drug-likeness (QED) is 0.649. The van der Waals surface area contributed by atoms with Gasteiger partial charge in [0.15, 0.2) is 0 Å². The summed E-state index contributed by atoms with van der Waals surface area (Å²) in [6.07, 6.45) is 6.57. The van der Waals surface area contributed by atoms with E-state index in [-0.39, 0.29) is 22.1 Å². The van der Waals surface area contributed by atoms with Crippen molar-refractivity contribution in [1.82, 2.24) is 14.2 Å². The van der Waals surface area contributed by atoms with Crippen LogP contribution in [0.15, 0.2) is 28.3 Å². The number of aromatic nitrogens is 1. The predicted octanol–water partition coefficient (Wildman–Crippen LogP) is 2.37. The molecule has 3 rings (SSSR count). The number of pyridine rings is 1. The van der Waals surface area contributed by atoms with Crippen molar-refractivity contribution in [2.45, 2.75) is 60.2 Å². The first kappa shape index (κ1) is 21.5. The van der Waals surface area contributed by atoms with Crippen LogP contribution in [-0.4, -0.2) is 73.2 Å². The minimum absolute atomic E-state index is 0.0591. The van der Waals surface area contributed by atoms with E-state index in [1.54, 1.807) is 24.1 Å². The maximum absolute atomic E-state index is 12.9. The molecular weight excluding hydrogens is 398 g/mol. The molecule has 0 bridgehead atoms. The lowest BCUT2D eigenvalue weighted by Gasteiger charge is -2.30. The molecule has 1 aromatic heterocycles. The van der Waals surface area contributed by atoms with E-state index in [0.29, 0.717) is 31.3 Å². The summed E-state index contributed by atoms with van der Waals surface area (Å²) >= 11 is 1.35. The highest BCUT2D eigenvalue weighted by molar-refractivity contribution is 8.00. The molecule has 1 amide bonds. The van der Waals surface area contributed by atoms with Gasteiger partial charge in [0, 0.05) is 32.4 Å². The first-order chi connectivity index (χ1) is 13.4. The number of ether oxygens (including phenoxy) is 1. The fourth-order valence-corrected chi connectivity index (χ4v) is 5.90. The van der Waals surface area contributed by atoms with E-state index in [9.17, 15) is 13.2 Å². The second-order valence-corrected chi connectivity index (χ2v) is 10.7. The van der Waals surface area contributed by atoms with Crippen LogP contribution >= 0.6 is 11.8 Å². The minimum Gasteiger partial charge on any atom is -0.378 e. The molecule has 1 saturated carbocycles. The Hall–Kier alpha value is -1.16. The standard InChI is InChI=1S/C19H29N3O4S2/c1-15(19(23)22-10-12-26-13-11-22)27-18-9-8-17(14-20-18)28(24,25)21(2)16-6-4-3-5-7-16/h8-9,14-16H,3-7,10-13H2,1-2H3. The third-order valence-corrected chi connectivity index (χ3v) is 8.37. The van der Waals surface area contributed by atoms with Gasteiger partial charge in [-0.25, -0.2) is 13.4 Å². The summed E-state index contributed by atoms with van der Waals surface area (Å²) in [5, 5.41) is 0.367. The van der Waals surface area contributed by atoms with Crippen LogP contribution in [0.5, 0.6) is 0 Å². The number of hydrogen-bond acceptors (Lipinski definition) is 6. The summed E-state index contributed by atoms with van der Waals surface area (Å²) in [5.41, 5.74) is 0. The summed E-state index contributed by atoms with van der Waals surface area (Å²) in [6, 6.07) is 3.35. The zero-order valence-corrected chi connectivity index (χ0v) is 18.2. The van der Waals surface area contributed by atoms with Gasteiger partial charge in [-0.3, -0.25) is 4.79 Å². The average Bonchev–Trinajstić information content (AvgIpc) is 2.74. The number of amides is 1. The van der Waals surface area contributed by atoms with E-state index < -0.39 is 10.0 Å². The van der Waals surface area contributed by atoms with Crippen LogP contribution in [0.2, 0.25) is 0 Å². The van der Waals surface area contributed by atoms with Crippen molar-refractivity contribution in [3.8, 4) is 0 Å². The number of carbonyl (C=O) groups is 1. The maximum Gasteiger partial charge on any atom is 0.244 e. The Morgan fingerprint density at radius 2 is 1.93 bits per heavy atom. The molecule has 0 spiro atoms. The summed E-state index contributed by atoms with van der Waals surface area (Å²) in [6.45, 7) is 4.22. The Balaban J connectivity index is 1.62. The van der Waals surface area contributed by atoms with Gasteiger partial charge in [-0.1, -0.05) is 31.0 Å². The lowest BCUT2D eigenvalue weighted by molar-refractivity contribution is -0.134. The lowest BCUT2D eigenvalue weighted by atomic mass is 9.96. The van der Waals surface area contributed by atoms with Crippen molar-refractivity contribution in [1.29, 1.82) is 0 Å². The molecule has 2 heterocycles. The van der Waals surface area contributed by atoms with Crippen LogP contribution in [0.3, 0.4) is 0 Å². The van der Waals surface area contributed by atoms with E-state index in [2.05, 4.69) is 4.98 Å². The average molecular weight is 428 g/mol. The highest BCUT2D eigenvalue weighted by atomic mass is 32.2. The molecule has 9 heteroatoms. The molecule has 0 N–H and O–H groups in total. The van der Waals surface area contributed by atoms with Crippen LogP contribution in [-0.2, 0) is 19.6 Å². The van der Waals surface area contributed by atoms with E-state index in [0.717, 1.165) is 25.7 Å². The monoisotopic (exact) mass is 427 g/mol. The van der Waals surface area contributed by atoms with Crippen molar-refractivity contribution in [2.24, 2.45) is 0 Å². The van der Waals surface area contributed by atoms with Gasteiger partial charge in [-0.2, -0.15) is 4.31 Å². The molecule has 1 aliphatic carbocycles. The van der Waals surface area contributed by atoms with E-state index >= 15 is 0 Å². The third kappa shape index (κ3) is 5.06. The fraction of sp³-hybridized carbons (Fsp3) is 0.684. The molecule has 2 aliphatic rings. The summed E-state index contributed by atoms with van der Waals surface area (Å²) in [4.78, 5) is 18.8. The second-order valence-electron chi connectivity index (χ2n) is 7.34. The van der Waals surface area contributed by atoms with Gasteiger partial charge in [-0.05, 0) is 31.9 Å². The largest absolute Gasteiger partial charge is 0.378 e. The maximum atomic E-state index is 12.9. The zero-order valence-electron chi connectivity index (χ0n) is 16.5. The molecule has 1 unspecified atom stereocenters. The van der Waals surface area contributed by atoms with Crippen molar-refractivity contribution < 1.29 is 17.9 Å². The van der Waals surface area contributed by atoms with Crippen molar-refractivity contribution >= 4 is 27.7 Å². The van der Waals surface area contributed by atoms with Crippen molar-refractivity contribution in [3.05, 3.63) is 18.3 Å². The Kier molecular flexibility index (Phi) is 7.36. The van der Waals surface area contributed by atoms with Crippen LogP contribution in [0.4, 0.5) is 0 Å². The Labute approximate surface area is 171 Å². The number of hydrogen-bond donors (Lipinski definition) is 0. The highest BCUT2D eigenvalue weighted by Crippen LogP contribution is 2.28. The van der Waals surface area contributed by atoms with E-state index in [1.807, 2.05) is 6.92 Å². The van der Waals surface area contributed by atoms with Gasteiger partial charge in [0.05, 0.1) is 23.5 Å². The Morgan fingerprint density at radius 3 is 2.54 bits per heavy atom. The fourth-order valence-electron chi connectivity index (χ4n) is 3.67. The normalized spacial score (nSPS) is 20.3. The molecule has 0 aromatic carbocycles. The summed E-state index contributed by atoms with van der Waals surface area (Å²) in [7, 11) is -1.88. The van der Waals surface area contributed by atoms with Crippen LogP contribution < -0.4 is 0 Å². The number of nitrogens with zero attached hydrogens (tertiary/aromatic N) is 3. The Morgan fingerprint density at radius 1 is 1.25 bits per heavy atom. The van der Waals surface area contributed by atoms with Crippen molar-refractivity contribution in [3.63, 3.8) is 0 Å². The lowest BCUT2D eigenvalue weighted by Crippen LogP contribution is -2.44. The molecule has 1 saturated heterocycles. The summed E-state index contributed by atoms with van der Waals surface area (Å²) in [5.74, 6) is 0.0591. The molecule has 7 nitrogen and oxygen atoms in total. The Bertz CT molecular complexity index is 758. The number of morpholine rings is 1. The van der Waals surface area contributed by atoms with E-state index in [1.165, 1.54) is 28.7 Å². The van der Waals surface area contributed by atoms with Gasteiger partial charge in [-0.15, -0.1) is 0 Å². The van der Waals surface area contributed by atoms with Gasteiger partial charge >= 0.3 is 0 Å². The van der Waals surface area contributed by atoms with Crippen molar-refractivity contribution in [2.75, 3.05) is 33.4 Å². The topological polar surface area (TPSA) is 79.8 Å². The van der Waals surface area contributed by atoms with Crippen LogP contribution in [0, 0.1) is 0 Å². The number of rotatable bonds is 6. The molecule has 0 radical (unpaired) electrons. The van der Waals surface area contributed by atoms with Gasteiger partial charge in [0.2, 0.25) is 15.9 Å². The molecule has 1 aliphatic heterocycles. The first-order valence-corrected chi connectivity index (χ1v) is 12.2. The number of carbonyl (C=O) groups excluding carboxylic acids is 1. The van der Waals surface area contributed by atoms with Crippen LogP contribution in [0.1, 0.15) is 39.0 Å². The molecule has 1 atom stereocenters. The zero-order chi connectivity index (χ0) is 20.1. The minimum atomic E-state index is -3.54. The van der Waals surface area contributed by atoms with Gasteiger partial charge in [0.1, 0.15) is 4.90 Å². The van der Waals surface area contributed by atoms with Crippen LogP contribution in [0.25, 0.3) is 0 Å². The SMILES string of the molecule is CC(Sc1ccc(S(=O)(=O)N(C)C2CCCCC2)cn1)C(=O)N1CCOCC1. The molecular formula is C19H29N3O4S2. The van der Waals surface area contributed by atoms with Gasteiger partial charge < -0.3 is 9.64 Å². The third-order valence-electron chi connectivity index (χ3n) is 5.44. The second kappa shape index (κ2) is 9.56. The predicted molar refractivity (Wildman–Crippen MR) is 109 cm³/mol. The smallest absolute Gasteiger partial charge is 0.244 e.